The molecule has 1 aliphatic heterocycles. The number of benzene rings is 1. The second-order valence-corrected chi connectivity index (χ2v) is 8.54. The topological polar surface area (TPSA) is 76.3 Å². The standard InChI is InChI=1S/C14H16BrN3O3S/c1-18(10-6-7-22(19,20)9-10)8-13-16-17-14(21-13)11-4-2-3-5-12(11)15/h2-5,10H,6-9H2,1H3. The summed E-state index contributed by atoms with van der Waals surface area (Å²) in [6.07, 6.45) is 0.657. The van der Waals surface area contributed by atoms with Crippen LogP contribution in [0.4, 0.5) is 0 Å². The van der Waals surface area contributed by atoms with E-state index < -0.39 is 9.84 Å². The maximum atomic E-state index is 11.5. The van der Waals surface area contributed by atoms with Crippen molar-refractivity contribution in [3.05, 3.63) is 34.6 Å². The molecule has 22 heavy (non-hydrogen) atoms. The number of hydrogen-bond donors (Lipinski definition) is 0. The first-order chi connectivity index (χ1) is 10.4. The lowest BCUT2D eigenvalue weighted by Crippen LogP contribution is -2.32. The fourth-order valence-corrected chi connectivity index (χ4v) is 4.79. The van der Waals surface area contributed by atoms with Crippen LogP contribution < -0.4 is 0 Å². The second-order valence-electron chi connectivity index (χ2n) is 5.45. The Morgan fingerprint density at radius 2 is 2.14 bits per heavy atom. The van der Waals surface area contributed by atoms with Gasteiger partial charge in [0.25, 0.3) is 0 Å². The van der Waals surface area contributed by atoms with Crippen LogP contribution >= 0.6 is 15.9 Å². The normalized spacial score (nSPS) is 20.6. The molecule has 1 aliphatic rings. The average molecular weight is 386 g/mol. The molecule has 0 radical (unpaired) electrons. The summed E-state index contributed by atoms with van der Waals surface area (Å²) in [4.78, 5) is 1.96. The van der Waals surface area contributed by atoms with E-state index in [1.165, 1.54) is 0 Å². The third-order valence-electron chi connectivity index (χ3n) is 3.79. The van der Waals surface area contributed by atoms with Gasteiger partial charge in [-0.25, -0.2) is 8.42 Å². The first-order valence-corrected chi connectivity index (χ1v) is 9.54. The van der Waals surface area contributed by atoms with Crippen LogP contribution in [-0.2, 0) is 16.4 Å². The van der Waals surface area contributed by atoms with Crippen LogP contribution in [0, 0.1) is 0 Å². The molecule has 0 amide bonds. The number of nitrogens with zero attached hydrogens (tertiary/aromatic N) is 3. The predicted molar refractivity (Wildman–Crippen MR) is 86.0 cm³/mol. The van der Waals surface area contributed by atoms with Crippen molar-refractivity contribution in [2.24, 2.45) is 0 Å². The van der Waals surface area contributed by atoms with Crippen LogP contribution in [0.25, 0.3) is 11.5 Å². The van der Waals surface area contributed by atoms with Gasteiger partial charge in [0.05, 0.1) is 23.6 Å². The van der Waals surface area contributed by atoms with Crippen LogP contribution in [0.2, 0.25) is 0 Å². The SMILES string of the molecule is CN(Cc1nnc(-c2ccccc2Br)o1)C1CCS(=O)(=O)C1. The summed E-state index contributed by atoms with van der Waals surface area (Å²) in [5.74, 6) is 1.40. The molecule has 0 N–H and O–H groups in total. The Kier molecular flexibility index (Phi) is 4.33. The highest BCUT2D eigenvalue weighted by Crippen LogP contribution is 2.27. The fourth-order valence-electron chi connectivity index (χ4n) is 2.53. The Morgan fingerprint density at radius 3 is 2.82 bits per heavy atom. The van der Waals surface area contributed by atoms with Crippen LogP contribution in [-0.4, -0.2) is 48.1 Å². The predicted octanol–water partition coefficient (Wildman–Crippen LogP) is 2.12. The van der Waals surface area contributed by atoms with Gasteiger partial charge in [0.15, 0.2) is 9.84 Å². The van der Waals surface area contributed by atoms with E-state index in [1.54, 1.807) is 0 Å². The lowest BCUT2D eigenvalue weighted by atomic mass is 10.2. The first-order valence-electron chi connectivity index (χ1n) is 6.92. The van der Waals surface area contributed by atoms with Gasteiger partial charge in [-0.1, -0.05) is 12.1 Å². The zero-order valence-electron chi connectivity index (χ0n) is 12.1. The number of aromatic nitrogens is 2. The lowest BCUT2D eigenvalue weighted by molar-refractivity contribution is 0.230. The van der Waals surface area contributed by atoms with Gasteiger partial charge in [0, 0.05) is 10.5 Å². The lowest BCUT2D eigenvalue weighted by Gasteiger charge is -2.20. The van der Waals surface area contributed by atoms with Crippen molar-refractivity contribution in [2.75, 3.05) is 18.6 Å². The fraction of sp³-hybridized carbons (Fsp3) is 0.429. The van der Waals surface area contributed by atoms with Crippen molar-refractivity contribution in [1.82, 2.24) is 15.1 Å². The molecule has 1 aromatic heterocycles. The Morgan fingerprint density at radius 1 is 1.36 bits per heavy atom. The number of sulfone groups is 1. The number of halogens is 1. The largest absolute Gasteiger partial charge is 0.419 e. The van der Waals surface area contributed by atoms with Crippen molar-refractivity contribution in [3.63, 3.8) is 0 Å². The van der Waals surface area contributed by atoms with Gasteiger partial charge in [-0.2, -0.15) is 0 Å². The van der Waals surface area contributed by atoms with E-state index in [0.717, 1.165) is 10.0 Å². The highest BCUT2D eigenvalue weighted by molar-refractivity contribution is 9.10. The quantitative estimate of drug-likeness (QED) is 0.801. The van der Waals surface area contributed by atoms with Crippen molar-refractivity contribution in [2.45, 2.75) is 19.0 Å². The van der Waals surface area contributed by atoms with E-state index >= 15 is 0 Å². The van der Waals surface area contributed by atoms with Crippen molar-refractivity contribution in [1.29, 1.82) is 0 Å². The van der Waals surface area contributed by atoms with Gasteiger partial charge in [0.2, 0.25) is 11.8 Å². The van der Waals surface area contributed by atoms with Gasteiger partial charge in [-0.05, 0) is 41.5 Å². The highest BCUT2D eigenvalue weighted by atomic mass is 79.9. The van der Waals surface area contributed by atoms with Gasteiger partial charge in [0.1, 0.15) is 0 Å². The number of rotatable bonds is 4. The molecular formula is C14H16BrN3O3S. The third kappa shape index (κ3) is 3.39. The van der Waals surface area contributed by atoms with Crippen molar-refractivity contribution < 1.29 is 12.8 Å². The average Bonchev–Trinajstić information content (AvgIpc) is 3.06. The molecule has 1 aromatic carbocycles. The van der Waals surface area contributed by atoms with E-state index in [0.29, 0.717) is 24.7 Å². The Bertz CT molecular complexity index is 775. The molecule has 0 aliphatic carbocycles. The molecule has 1 saturated heterocycles. The maximum absolute atomic E-state index is 11.5. The van der Waals surface area contributed by atoms with E-state index in [9.17, 15) is 8.42 Å². The smallest absolute Gasteiger partial charge is 0.248 e. The van der Waals surface area contributed by atoms with Gasteiger partial charge in [-0.15, -0.1) is 10.2 Å². The molecule has 2 heterocycles. The van der Waals surface area contributed by atoms with Gasteiger partial charge < -0.3 is 4.42 Å². The number of hydrogen-bond acceptors (Lipinski definition) is 6. The van der Waals surface area contributed by atoms with E-state index in [1.807, 2.05) is 36.2 Å². The molecule has 3 rings (SSSR count). The summed E-state index contributed by atoms with van der Waals surface area (Å²) in [5, 5.41) is 8.12. The van der Waals surface area contributed by atoms with E-state index in [-0.39, 0.29) is 17.5 Å². The third-order valence-corrected chi connectivity index (χ3v) is 6.23. The second kappa shape index (κ2) is 6.10. The maximum Gasteiger partial charge on any atom is 0.248 e. The minimum atomic E-state index is -2.89. The van der Waals surface area contributed by atoms with Crippen molar-refractivity contribution in [3.8, 4) is 11.5 Å². The Balaban J connectivity index is 1.71. The molecule has 118 valence electrons. The summed E-state index contributed by atoms with van der Waals surface area (Å²) in [7, 11) is -1.01. The van der Waals surface area contributed by atoms with Gasteiger partial charge >= 0.3 is 0 Å². The van der Waals surface area contributed by atoms with Crippen molar-refractivity contribution >= 4 is 25.8 Å². The van der Waals surface area contributed by atoms with Crippen LogP contribution in [0.1, 0.15) is 12.3 Å². The monoisotopic (exact) mass is 385 g/mol. The molecule has 0 spiro atoms. The van der Waals surface area contributed by atoms with Gasteiger partial charge in [-0.3, -0.25) is 4.90 Å². The Labute approximate surface area is 137 Å². The van der Waals surface area contributed by atoms with Crippen LogP contribution in [0.15, 0.2) is 33.2 Å². The summed E-state index contributed by atoms with van der Waals surface area (Å²) in [5.41, 5.74) is 0.840. The zero-order valence-corrected chi connectivity index (χ0v) is 14.5. The summed E-state index contributed by atoms with van der Waals surface area (Å²) in [6.45, 7) is 0.442. The highest BCUT2D eigenvalue weighted by Gasteiger charge is 2.31. The summed E-state index contributed by atoms with van der Waals surface area (Å²) >= 11 is 3.45. The Hall–Kier alpha value is -1.25. The summed E-state index contributed by atoms with van der Waals surface area (Å²) < 4.78 is 29.7. The van der Waals surface area contributed by atoms with Crippen LogP contribution in [0.3, 0.4) is 0 Å². The zero-order chi connectivity index (χ0) is 15.7. The molecule has 1 fully saturated rings. The molecule has 2 aromatic rings. The first kappa shape index (κ1) is 15.6. The molecule has 0 bridgehead atoms. The molecule has 1 atom stereocenters. The molecule has 1 unspecified atom stereocenters. The minimum absolute atomic E-state index is 0.0174. The summed E-state index contributed by atoms with van der Waals surface area (Å²) in [6, 6.07) is 7.64. The molecule has 0 saturated carbocycles. The molecular weight excluding hydrogens is 370 g/mol. The molecule has 6 nitrogen and oxygen atoms in total. The molecule has 8 heteroatoms. The minimum Gasteiger partial charge on any atom is -0.419 e. The van der Waals surface area contributed by atoms with E-state index in [2.05, 4.69) is 26.1 Å². The van der Waals surface area contributed by atoms with E-state index in [4.69, 9.17) is 4.42 Å². The van der Waals surface area contributed by atoms with Crippen LogP contribution in [0.5, 0.6) is 0 Å².